The molecule has 0 aliphatic heterocycles. The summed E-state index contributed by atoms with van der Waals surface area (Å²) in [5, 5.41) is 0. The summed E-state index contributed by atoms with van der Waals surface area (Å²) in [6.45, 7) is 0.712. The van der Waals surface area contributed by atoms with Gasteiger partial charge in [-0.25, -0.2) is 4.39 Å². The van der Waals surface area contributed by atoms with Gasteiger partial charge >= 0.3 is 0 Å². The molecule has 0 aliphatic rings. The first-order chi connectivity index (χ1) is 6.16. The Morgan fingerprint density at radius 2 is 2.00 bits per heavy atom. The highest BCUT2D eigenvalue weighted by atomic mass is 19.1. The fraction of sp³-hybridized carbons (Fsp3) is 0.400. The zero-order chi connectivity index (χ0) is 9.84. The van der Waals surface area contributed by atoms with Crippen LogP contribution in [0.1, 0.15) is 11.6 Å². The maximum absolute atomic E-state index is 13.3. The zero-order valence-corrected chi connectivity index (χ0v) is 8.18. The second-order valence-electron chi connectivity index (χ2n) is 3.44. The van der Waals surface area contributed by atoms with Crippen LogP contribution < -0.4 is 10.6 Å². The number of nitrogens with one attached hydrogen (secondary N) is 1. The lowest BCUT2D eigenvalue weighted by Gasteiger charge is -2.18. The molecule has 4 N–H and O–H groups in total. The predicted molar refractivity (Wildman–Crippen MR) is 49.7 cm³/mol. The van der Waals surface area contributed by atoms with Gasteiger partial charge in [0, 0.05) is 0 Å². The largest absolute Gasteiger partial charge is 0.352 e. The van der Waals surface area contributed by atoms with Crippen molar-refractivity contribution in [3.8, 4) is 0 Å². The molecule has 1 aromatic carbocycles. The van der Waals surface area contributed by atoms with Gasteiger partial charge in [0.05, 0.1) is 19.7 Å². The summed E-state index contributed by atoms with van der Waals surface area (Å²) in [6, 6.07) is 7.06. The fourth-order valence-corrected chi connectivity index (χ4v) is 1.51. The molecule has 3 heteroatoms. The topological polar surface area (TPSA) is 32.1 Å². The van der Waals surface area contributed by atoms with Gasteiger partial charge < -0.3 is 10.6 Å². The summed E-state index contributed by atoms with van der Waals surface area (Å²) in [4.78, 5) is 1.21. The summed E-state index contributed by atoms with van der Waals surface area (Å²) in [5.74, 6) is -0.127. The molecule has 0 unspecified atom stereocenters. The van der Waals surface area contributed by atoms with E-state index in [9.17, 15) is 4.39 Å². The summed E-state index contributed by atoms with van der Waals surface area (Å²) < 4.78 is 13.3. The minimum atomic E-state index is -0.127. The molecular formula is C10H17FN2+2. The summed E-state index contributed by atoms with van der Waals surface area (Å²) in [6.07, 6.45) is 0. The highest BCUT2D eigenvalue weighted by molar-refractivity contribution is 5.19. The lowest BCUT2D eigenvalue weighted by molar-refractivity contribution is -0.899. The molecule has 0 aliphatic carbocycles. The second kappa shape index (κ2) is 4.35. The van der Waals surface area contributed by atoms with Gasteiger partial charge in [-0.2, -0.15) is 0 Å². The standard InChI is InChI=1S/C10H15FN2/c1-13(2)10(7-12)8-5-3-4-6-9(8)11/h3-6,10H,7,12H2,1-2H3/p+2/t10-/m1/s1. The van der Waals surface area contributed by atoms with Crippen molar-refractivity contribution in [3.63, 3.8) is 0 Å². The van der Waals surface area contributed by atoms with E-state index < -0.39 is 0 Å². The van der Waals surface area contributed by atoms with Gasteiger partial charge in [-0.3, -0.25) is 0 Å². The molecule has 0 aromatic heterocycles. The van der Waals surface area contributed by atoms with E-state index in [0.717, 1.165) is 5.56 Å². The first-order valence-corrected chi connectivity index (χ1v) is 4.50. The molecule has 0 radical (unpaired) electrons. The average molecular weight is 184 g/mol. The first kappa shape index (κ1) is 10.2. The molecule has 13 heavy (non-hydrogen) atoms. The molecule has 0 spiro atoms. The number of quaternary nitrogens is 2. The molecule has 0 amide bonds. The van der Waals surface area contributed by atoms with Crippen LogP contribution in [0.3, 0.4) is 0 Å². The van der Waals surface area contributed by atoms with Crippen molar-refractivity contribution in [1.29, 1.82) is 0 Å². The Labute approximate surface area is 78.2 Å². The smallest absolute Gasteiger partial charge is 0.165 e. The van der Waals surface area contributed by atoms with Gasteiger partial charge in [0.25, 0.3) is 0 Å². The number of hydrogen-bond donors (Lipinski definition) is 2. The van der Waals surface area contributed by atoms with Crippen LogP contribution in [0.2, 0.25) is 0 Å². The van der Waals surface area contributed by atoms with Crippen molar-refractivity contribution in [2.45, 2.75) is 6.04 Å². The van der Waals surface area contributed by atoms with E-state index in [-0.39, 0.29) is 11.9 Å². The Bertz CT molecular complexity index is 273. The molecule has 2 nitrogen and oxygen atoms in total. The van der Waals surface area contributed by atoms with E-state index in [1.807, 2.05) is 26.2 Å². The molecule has 1 rings (SSSR count). The molecule has 1 atom stereocenters. The highest BCUT2D eigenvalue weighted by Gasteiger charge is 2.20. The Kier molecular flexibility index (Phi) is 3.39. The zero-order valence-electron chi connectivity index (χ0n) is 8.18. The van der Waals surface area contributed by atoms with E-state index in [2.05, 4.69) is 5.73 Å². The Balaban J connectivity index is 2.97. The van der Waals surface area contributed by atoms with Crippen molar-refractivity contribution in [3.05, 3.63) is 35.6 Å². The molecule has 0 heterocycles. The lowest BCUT2D eigenvalue weighted by Crippen LogP contribution is -3.08. The normalized spacial score (nSPS) is 13.3. The van der Waals surface area contributed by atoms with E-state index in [0.29, 0.717) is 6.54 Å². The number of benzene rings is 1. The van der Waals surface area contributed by atoms with E-state index in [1.165, 1.54) is 11.0 Å². The number of likely N-dealkylation sites (N-methyl/N-ethyl adjacent to an activating group) is 1. The van der Waals surface area contributed by atoms with Gasteiger partial charge in [0.2, 0.25) is 0 Å². The van der Waals surface area contributed by atoms with Crippen molar-refractivity contribution in [2.75, 3.05) is 20.6 Å². The number of hydrogen-bond acceptors (Lipinski definition) is 0. The molecule has 0 saturated heterocycles. The molecule has 1 aromatic rings. The molecule has 0 bridgehead atoms. The maximum atomic E-state index is 13.3. The quantitative estimate of drug-likeness (QED) is 0.620. The van der Waals surface area contributed by atoms with Crippen molar-refractivity contribution in [2.24, 2.45) is 0 Å². The predicted octanol–water partition coefficient (Wildman–Crippen LogP) is -0.747. The van der Waals surface area contributed by atoms with Gasteiger partial charge in [-0.05, 0) is 12.1 Å². The van der Waals surface area contributed by atoms with Crippen LogP contribution in [0.4, 0.5) is 4.39 Å². The minimum Gasteiger partial charge on any atom is -0.352 e. The van der Waals surface area contributed by atoms with Gasteiger partial charge in [0.15, 0.2) is 6.04 Å². The maximum Gasteiger partial charge on any atom is 0.165 e. The third-order valence-electron chi connectivity index (χ3n) is 2.27. The van der Waals surface area contributed by atoms with Gasteiger partial charge in [-0.1, -0.05) is 12.1 Å². The summed E-state index contributed by atoms with van der Waals surface area (Å²) >= 11 is 0. The number of halogens is 1. The summed E-state index contributed by atoms with van der Waals surface area (Å²) in [5.41, 5.74) is 4.60. The highest BCUT2D eigenvalue weighted by Crippen LogP contribution is 2.12. The van der Waals surface area contributed by atoms with Crippen LogP contribution in [0.5, 0.6) is 0 Å². The van der Waals surface area contributed by atoms with Crippen LogP contribution in [0.25, 0.3) is 0 Å². The van der Waals surface area contributed by atoms with Crippen LogP contribution in [-0.2, 0) is 0 Å². The van der Waals surface area contributed by atoms with E-state index >= 15 is 0 Å². The Hall–Kier alpha value is -0.930. The summed E-state index contributed by atoms with van der Waals surface area (Å²) in [7, 11) is 4.03. The average Bonchev–Trinajstić information content (AvgIpc) is 2.09. The van der Waals surface area contributed by atoms with Crippen molar-refractivity contribution in [1.82, 2.24) is 0 Å². The second-order valence-corrected chi connectivity index (χ2v) is 3.44. The van der Waals surface area contributed by atoms with Gasteiger partial charge in [0.1, 0.15) is 12.4 Å². The monoisotopic (exact) mass is 184 g/mol. The Morgan fingerprint density at radius 3 is 2.46 bits per heavy atom. The van der Waals surface area contributed by atoms with Crippen LogP contribution >= 0.6 is 0 Å². The van der Waals surface area contributed by atoms with E-state index in [1.54, 1.807) is 6.07 Å². The Morgan fingerprint density at radius 1 is 1.38 bits per heavy atom. The van der Waals surface area contributed by atoms with Gasteiger partial charge in [-0.15, -0.1) is 0 Å². The molecule has 72 valence electrons. The van der Waals surface area contributed by atoms with E-state index in [4.69, 9.17) is 0 Å². The van der Waals surface area contributed by atoms with Crippen molar-refractivity contribution < 1.29 is 15.0 Å². The first-order valence-electron chi connectivity index (χ1n) is 4.50. The molecule has 0 saturated carbocycles. The van der Waals surface area contributed by atoms with Crippen LogP contribution in [0, 0.1) is 5.82 Å². The molecular weight excluding hydrogens is 167 g/mol. The van der Waals surface area contributed by atoms with Crippen LogP contribution in [-0.4, -0.2) is 20.6 Å². The minimum absolute atomic E-state index is 0.127. The SMILES string of the molecule is C[NH+](C)[C@H](C[NH3+])c1ccccc1F. The third-order valence-corrected chi connectivity index (χ3v) is 2.27. The van der Waals surface area contributed by atoms with Crippen molar-refractivity contribution >= 4 is 0 Å². The van der Waals surface area contributed by atoms with Crippen LogP contribution in [0.15, 0.2) is 24.3 Å². The fourth-order valence-electron chi connectivity index (χ4n) is 1.51. The molecule has 0 fully saturated rings. The third kappa shape index (κ3) is 2.26. The number of rotatable bonds is 3. The lowest BCUT2D eigenvalue weighted by atomic mass is 10.1.